The first-order valence-corrected chi connectivity index (χ1v) is 3.80. The molecule has 1 heterocycles. The van der Waals surface area contributed by atoms with Gasteiger partial charge in [0.15, 0.2) is 0 Å². The minimum Gasteiger partial charge on any atom is -1.00 e. The highest BCUT2D eigenvalue weighted by molar-refractivity contribution is 5.67. The summed E-state index contributed by atoms with van der Waals surface area (Å²) in [4.78, 5) is 3.18. The van der Waals surface area contributed by atoms with Gasteiger partial charge in [0.25, 0.3) is 0 Å². The first-order chi connectivity index (χ1) is 5.40. The zero-order chi connectivity index (χ0) is 7.68. The average molecular weight is 275 g/mol. The number of halogens is 1. The van der Waals surface area contributed by atoms with Crippen molar-refractivity contribution in [1.82, 2.24) is 0 Å². The smallest absolute Gasteiger partial charge is 0.345 e. The van der Waals surface area contributed by atoms with Gasteiger partial charge >= 0.3 is 5.89 Å². The fourth-order valence-corrected chi connectivity index (χ4v) is 1.13. The summed E-state index contributed by atoms with van der Waals surface area (Å²) in [6.07, 6.45) is 0.911. The van der Waals surface area contributed by atoms with Gasteiger partial charge in [0.2, 0.25) is 11.1 Å². The van der Waals surface area contributed by atoms with E-state index in [9.17, 15) is 0 Å². The van der Waals surface area contributed by atoms with Crippen molar-refractivity contribution in [2.24, 2.45) is 0 Å². The van der Waals surface area contributed by atoms with Gasteiger partial charge in [0.05, 0.1) is 6.42 Å². The van der Waals surface area contributed by atoms with Crippen molar-refractivity contribution < 1.29 is 33.4 Å². The van der Waals surface area contributed by atoms with Crippen molar-refractivity contribution in [3.63, 3.8) is 0 Å². The number of nitrogens with one attached hydrogen (secondary N) is 1. The maximum Gasteiger partial charge on any atom is 0.345 e. The summed E-state index contributed by atoms with van der Waals surface area (Å²) in [5.74, 6) is 0.936. The van der Waals surface area contributed by atoms with Crippen molar-refractivity contribution in [1.29, 1.82) is 0 Å². The molecule has 64 valence electrons. The molecule has 1 aromatic carbocycles. The lowest BCUT2D eigenvalue weighted by atomic mass is 10.3. The number of aromatic nitrogens is 1. The quantitative estimate of drug-likeness (QED) is 0.602. The Morgan fingerprint density at radius 3 is 2.75 bits per heavy atom. The van der Waals surface area contributed by atoms with Gasteiger partial charge in [-0.3, -0.25) is 0 Å². The minimum absolute atomic E-state index is 0. The largest absolute Gasteiger partial charge is 1.00 e. The molecule has 2 rings (SSSR count). The van der Waals surface area contributed by atoms with E-state index in [1.54, 1.807) is 0 Å². The molecular weight excluding hydrogens is 265 g/mol. The van der Waals surface area contributed by atoms with Crippen LogP contribution in [-0.4, -0.2) is 0 Å². The number of hydrogen-bond acceptors (Lipinski definition) is 1. The van der Waals surface area contributed by atoms with E-state index in [1.165, 1.54) is 0 Å². The summed E-state index contributed by atoms with van der Waals surface area (Å²) < 4.78 is 5.46. The average Bonchev–Trinajstić information content (AvgIpc) is 2.46. The number of aryl methyl sites for hydroxylation is 1. The first-order valence-electron chi connectivity index (χ1n) is 3.80. The van der Waals surface area contributed by atoms with E-state index in [2.05, 4.69) is 11.9 Å². The third-order valence-corrected chi connectivity index (χ3v) is 1.72. The van der Waals surface area contributed by atoms with Crippen LogP contribution in [0.1, 0.15) is 12.8 Å². The van der Waals surface area contributed by atoms with Gasteiger partial charge in [-0.25, -0.2) is 0 Å². The Balaban J connectivity index is 0.000000720. The van der Waals surface area contributed by atoms with E-state index < -0.39 is 0 Å². The molecule has 12 heavy (non-hydrogen) atoms. The molecule has 0 unspecified atom stereocenters. The van der Waals surface area contributed by atoms with Gasteiger partial charge in [0.1, 0.15) is 0 Å². The van der Waals surface area contributed by atoms with Crippen LogP contribution in [0.3, 0.4) is 0 Å². The highest BCUT2D eigenvalue weighted by Gasteiger charge is 2.08. The summed E-state index contributed by atoms with van der Waals surface area (Å²) in [6, 6.07) is 7.94. The molecule has 1 aromatic heterocycles. The molecule has 2 aromatic rings. The highest BCUT2D eigenvalue weighted by Crippen LogP contribution is 2.10. The minimum atomic E-state index is 0. The van der Waals surface area contributed by atoms with Crippen molar-refractivity contribution in [3.05, 3.63) is 30.2 Å². The van der Waals surface area contributed by atoms with E-state index >= 15 is 0 Å². The second kappa shape index (κ2) is 3.89. The standard InChI is InChI=1S/C9H9NO.HI/c1-2-9-10-7-5-3-4-6-8(7)11-9;/h3-6H,2H2,1H3;1H. The lowest BCUT2D eigenvalue weighted by Gasteiger charge is -1.75. The molecule has 0 aliphatic carbocycles. The predicted octanol–water partition coefficient (Wildman–Crippen LogP) is -1.19. The van der Waals surface area contributed by atoms with Gasteiger partial charge < -0.3 is 28.4 Å². The Kier molecular flexibility index (Phi) is 3.08. The fourth-order valence-electron chi connectivity index (χ4n) is 1.13. The molecule has 0 atom stereocenters. The van der Waals surface area contributed by atoms with E-state index in [1.807, 2.05) is 24.3 Å². The van der Waals surface area contributed by atoms with Crippen LogP contribution in [0, 0.1) is 0 Å². The number of aromatic amines is 1. The van der Waals surface area contributed by atoms with Crippen LogP contribution in [0.15, 0.2) is 28.7 Å². The number of H-pyrrole nitrogens is 1. The molecule has 0 bridgehead atoms. The molecular formula is C9H10INO. The van der Waals surface area contributed by atoms with Crippen molar-refractivity contribution in [2.75, 3.05) is 0 Å². The third kappa shape index (κ3) is 1.60. The lowest BCUT2D eigenvalue weighted by Crippen LogP contribution is -3.00. The first kappa shape index (κ1) is 9.51. The summed E-state index contributed by atoms with van der Waals surface area (Å²) in [7, 11) is 0. The van der Waals surface area contributed by atoms with Gasteiger partial charge in [-0.05, 0) is 6.07 Å². The predicted molar refractivity (Wildman–Crippen MR) is 42.1 cm³/mol. The number of hydrogen-bond donors (Lipinski definition) is 0. The van der Waals surface area contributed by atoms with Crippen LogP contribution < -0.4 is 29.0 Å². The van der Waals surface area contributed by atoms with Crippen LogP contribution in [0.2, 0.25) is 0 Å². The summed E-state index contributed by atoms with van der Waals surface area (Å²) in [6.45, 7) is 2.06. The molecule has 0 spiro atoms. The van der Waals surface area contributed by atoms with Crippen LogP contribution in [-0.2, 0) is 6.42 Å². The Hall–Kier alpha value is -0.580. The van der Waals surface area contributed by atoms with Crippen LogP contribution in [0.4, 0.5) is 0 Å². The summed E-state index contributed by atoms with van der Waals surface area (Å²) in [5.41, 5.74) is 2.01. The molecule has 3 heteroatoms. The molecule has 0 fully saturated rings. The maximum absolute atomic E-state index is 5.46. The lowest BCUT2D eigenvalue weighted by molar-refractivity contribution is -0.368. The van der Waals surface area contributed by atoms with Gasteiger partial charge in [-0.2, -0.15) is 4.98 Å². The monoisotopic (exact) mass is 275 g/mol. The maximum atomic E-state index is 5.46. The Morgan fingerprint density at radius 1 is 1.33 bits per heavy atom. The van der Waals surface area contributed by atoms with E-state index in [-0.39, 0.29) is 24.0 Å². The molecule has 0 saturated heterocycles. The van der Waals surface area contributed by atoms with E-state index in [0.29, 0.717) is 0 Å². The van der Waals surface area contributed by atoms with Crippen molar-refractivity contribution >= 4 is 11.1 Å². The SMILES string of the molecule is CCc1[nH+]c2ccccc2o1.[I-]. The van der Waals surface area contributed by atoms with Crippen molar-refractivity contribution in [2.45, 2.75) is 13.3 Å². The highest BCUT2D eigenvalue weighted by atomic mass is 127. The van der Waals surface area contributed by atoms with E-state index in [0.717, 1.165) is 23.4 Å². The van der Waals surface area contributed by atoms with Gasteiger partial charge in [-0.15, -0.1) is 0 Å². The number of rotatable bonds is 1. The molecule has 2 nitrogen and oxygen atoms in total. The van der Waals surface area contributed by atoms with Crippen LogP contribution in [0.25, 0.3) is 11.1 Å². The zero-order valence-electron chi connectivity index (χ0n) is 6.80. The number of oxazole rings is 1. The van der Waals surface area contributed by atoms with Gasteiger partial charge in [-0.1, -0.05) is 19.1 Å². The normalized spacial score (nSPS) is 9.75. The fraction of sp³-hybridized carbons (Fsp3) is 0.222. The Morgan fingerprint density at radius 2 is 2.08 bits per heavy atom. The Bertz CT molecular complexity index is 336. The zero-order valence-corrected chi connectivity index (χ0v) is 8.96. The molecule has 0 radical (unpaired) electrons. The summed E-state index contributed by atoms with van der Waals surface area (Å²) >= 11 is 0. The molecule has 0 saturated carbocycles. The molecule has 0 aliphatic rings. The number of para-hydroxylation sites is 2. The molecule has 1 N–H and O–H groups in total. The second-order valence-electron chi connectivity index (χ2n) is 2.50. The summed E-state index contributed by atoms with van der Waals surface area (Å²) in [5, 5.41) is 0. The van der Waals surface area contributed by atoms with E-state index in [4.69, 9.17) is 4.42 Å². The number of fused-ring (bicyclic) bond motifs is 1. The number of benzene rings is 1. The van der Waals surface area contributed by atoms with Crippen LogP contribution >= 0.6 is 0 Å². The molecule has 0 amide bonds. The topological polar surface area (TPSA) is 27.3 Å². The van der Waals surface area contributed by atoms with Crippen molar-refractivity contribution in [3.8, 4) is 0 Å². The second-order valence-corrected chi connectivity index (χ2v) is 2.50. The third-order valence-electron chi connectivity index (χ3n) is 1.72. The van der Waals surface area contributed by atoms with Crippen LogP contribution in [0.5, 0.6) is 0 Å². The van der Waals surface area contributed by atoms with Gasteiger partial charge in [0, 0.05) is 6.07 Å². The molecule has 0 aliphatic heterocycles. The Labute approximate surface area is 88.0 Å².